The lowest BCUT2D eigenvalue weighted by Crippen LogP contribution is -2.02. The Labute approximate surface area is 81.7 Å². The maximum absolute atomic E-state index is 5.87. The predicted molar refractivity (Wildman–Crippen MR) is 56.1 cm³/mol. The number of nitrogens with two attached hydrogens (primary N) is 1. The number of halogens is 1. The summed E-state index contributed by atoms with van der Waals surface area (Å²) in [7, 11) is 0. The fourth-order valence-electron chi connectivity index (χ4n) is 1.45. The van der Waals surface area contributed by atoms with Crippen molar-refractivity contribution in [2.45, 2.75) is 6.42 Å². The Hall–Kier alpha value is -0.990. The van der Waals surface area contributed by atoms with Gasteiger partial charge in [0.25, 0.3) is 0 Å². The number of aromatic nitrogens is 1. The molecule has 68 valence electrons. The van der Waals surface area contributed by atoms with Gasteiger partial charge in [0.2, 0.25) is 0 Å². The van der Waals surface area contributed by atoms with E-state index in [9.17, 15) is 0 Å². The molecule has 0 saturated heterocycles. The normalized spacial score (nSPS) is 10.9. The first-order valence-corrected chi connectivity index (χ1v) is 4.64. The number of hydrogen-bond acceptors (Lipinski definition) is 1. The third-order valence-corrected chi connectivity index (χ3v) is 2.29. The van der Waals surface area contributed by atoms with Gasteiger partial charge in [-0.1, -0.05) is 11.6 Å². The SMILES string of the molecule is NCCc1cc2cc(Cl)ccc2[nH]1. The summed E-state index contributed by atoms with van der Waals surface area (Å²) in [4.78, 5) is 3.29. The van der Waals surface area contributed by atoms with Gasteiger partial charge in [0.1, 0.15) is 0 Å². The van der Waals surface area contributed by atoms with Crippen molar-refractivity contribution in [2.24, 2.45) is 5.73 Å². The summed E-state index contributed by atoms with van der Waals surface area (Å²) in [6.07, 6.45) is 0.881. The van der Waals surface area contributed by atoms with Crippen LogP contribution in [-0.2, 0) is 6.42 Å². The minimum absolute atomic E-state index is 0.667. The molecule has 0 fully saturated rings. The lowest BCUT2D eigenvalue weighted by Gasteiger charge is -1.90. The van der Waals surface area contributed by atoms with Gasteiger partial charge in [0.05, 0.1) is 0 Å². The minimum atomic E-state index is 0.667. The number of hydrogen-bond donors (Lipinski definition) is 2. The van der Waals surface area contributed by atoms with E-state index in [4.69, 9.17) is 17.3 Å². The highest BCUT2D eigenvalue weighted by Gasteiger charge is 1.99. The Bertz CT molecular complexity index is 420. The lowest BCUT2D eigenvalue weighted by molar-refractivity contribution is 0.940. The van der Waals surface area contributed by atoms with Crippen molar-refractivity contribution >= 4 is 22.5 Å². The smallest absolute Gasteiger partial charge is 0.0457 e. The van der Waals surface area contributed by atoms with E-state index < -0.39 is 0 Å². The summed E-state index contributed by atoms with van der Waals surface area (Å²) >= 11 is 5.87. The summed E-state index contributed by atoms with van der Waals surface area (Å²) in [6.45, 7) is 0.667. The summed E-state index contributed by atoms with van der Waals surface area (Å²) in [5.74, 6) is 0. The Balaban J connectivity index is 2.49. The molecule has 1 aromatic carbocycles. The van der Waals surface area contributed by atoms with E-state index in [1.54, 1.807) is 0 Å². The van der Waals surface area contributed by atoms with Crippen molar-refractivity contribution in [3.05, 3.63) is 35.0 Å². The van der Waals surface area contributed by atoms with Crippen LogP contribution in [0.15, 0.2) is 24.3 Å². The average molecular weight is 195 g/mol. The van der Waals surface area contributed by atoms with Crippen LogP contribution in [-0.4, -0.2) is 11.5 Å². The molecule has 0 aliphatic rings. The van der Waals surface area contributed by atoms with Crippen molar-refractivity contribution in [1.29, 1.82) is 0 Å². The van der Waals surface area contributed by atoms with Crippen LogP contribution in [0.5, 0.6) is 0 Å². The first-order valence-electron chi connectivity index (χ1n) is 4.27. The molecule has 3 N–H and O–H groups in total. The second kappa shape index (κ2) is 3.40. The topological polar surface area (TPSA) is 41.8 Å². The van der Waals surface area contributed by atoms with E-state index in [-0.39, 0.29) is 0 Å². The van der Waals surface area contributed by atoms with E-state index in [1.165, 1.54) is 5.69 Å². The van der Waals surface area contributed by atoms with Gasteiger partial charge in [-0.3, -0.25) is 0 Å². The largest absolute Gasteiger partial charge is 0.358 e. The van der Waals surface area contributed by atoms with Gasteiger partial charge in [-0.25, -0.2) is 0 Å². The highest BCUT2D eigenvalue weighted by atomic mass is 35.5. The molecule has 13 heavy (non-hydrogen) atoms. The van der Waals surface area contributed by atoms with Crippen molar-refractivity contribution in [3.63, 3.8) is 0 Å². The number of nitrogens with one attached hydrogen (secondary N) is 1. The monoisotopic (exact) mass is 194 g/mol. The number of benzene rings is 1. The van der Waals surface area contributed by atoms with Crippen LogP contribution in [0.25, 0.3) is 10.9 Å². The fraction of sp³-hybridized carbons (Fsp3) is 0.200. The molecule has 0 radical (unpaired) electrons. The number of fused-ring (bicyclic) bond motifs is 1. The van der Waals surface area contributed by atoms with E-state index >= 15 is 0 Å². The molecule has 0 unspecified atom stereocenters. The summed E-state index contributed by atoms with van der Waals surface area (Å²) in [6, 6.07) is 7.91. The van der Waals surface area contributed by atoms with Crippen molar-refractivity contribution in [3.8, 4) is 0 Å². The lowest BCUT2D eigenvalue weighted by atomic mass is 10.2. The molecule has 1 aromatic heterocycles. The molecular formula is C10H11ClN2. The number of H-pyrrole nitrogens is 1. The molecule has 0 spiro atoms. The van der Waals surface area contributed by atoms with Crippen LogP contribution in [0, 0.1) is 0 Å². The van der Waals surface area contributed by atoms with Gasteiger partial charge in [0.15, 0.2) is 0 Å². The van der Waals surface area contributed by atoms with E-state index in [0.29, 0.717) is 6.54 Å². The summed E-state index contributed by atoms with van der Waals surface area (Å²) in [5.41, 5.74) is 7.75. The zero-order valence-electron chi connectivity index (χ0n) is 7.18. The quantitative estimate of drug-likeness (QED) is 0.757. The zero-order chi connectivity index (χ0) is 9.26. The van der Waals surface area contributed by atoms with E-state index in [2.05, 4.69) is 11.1 Å². The van der Waals surface area contributed by atoms with Crippen molar-refractivity contribution in [2.75, 3.05) is 6.54 Å². The Morgan fingerprint density at radius 2 is 2.15 bits per heavy atom. The van der Waals surface area contributed by atoms with Gasteiger partial charge in [-0.15, -0.1) is 0 Å². The Morgan fingerprint density at radius 3 is 2.92 bits per heavy atom. The molecule has 2 rings (SSSR count). The van der Waals surface area contributed by atoms with Crippen LogP contribution in [0.4, 0.5) is 0 Å². The molecule has 3 heteroatoms. The zero-order valence-corrected chi connectivity index (χ0v) is 7.93. The molecule has 2 nitrogen and oxygen atoms in total. The third-order valence-electron chi connectivity index (χ3n) is 2.05. The van der Waals surface area contributed by atoms with Crippen LogP contribution in [0.3, 0.4) is 0 Å². The standard InChI is InChI=1S/C10H11ClN2/c11-8-1-2-10-7(5-8)6-9(13-10)3-4-12/h1-2,5-6,13H,3-4,12H2. The van der Waals surface area contributed by atoms with Gasteiger partial charge < -0.3 is 10.7 Å². The summed E-state index contributed by atoms with van der Waals surface area (Å²) in [5, 5.41) is 1.92. The Kier molecular flexibility index (Phi) is 2.25. The minimum Gasteiger partial charge on any atom is -0.358 e. The molecule has 0 amide bonds. The average Bonchev–Trinajstić information content (AvgIpc) is 2.46. The molecule has 0 aliphatic carbocycles. The molecule has 0 saturated carbocycles. The maximum atomic E-state index is 5.87. The van der Waals surface area contributed by atoms with Gasteiger partial charge in [-0.05, 0) is 37.2 Å². The van der Waals surface area contributed by atoms with Crippen LogP contribution < -0.4 is 5.73 Å². The van der Waals surface area contributed by atoms with Crippen LogP contribution in [0.2, 0.25) is 5.02 Å². The highest BCUT2D eigenvalue weighted by Crippen LogP contribution is 2.19. The molecule has 0 aliphatic heterocycles. The second-order valence-corrected chi connectivity index (χ2v) is 3.50. The van der Waals surface area contributed by atoms with Crippen LogP contribution >= 0.6 is 11.6 Å². The molecule has 2 aromatic rings. The summed E-state index contributed by atoms with van der Waals surface area (Å²) < 4.78 is 0. The first-order chi connectivity index (χ1) is 6.29. The maximum Gasteiger partial charge on any atom is 0.0457 e. The Morgan fingerprint density at radius 1 is 1.31 bits per heavy atom. The number of aromatic amines is 1. The molecule has 0 atom stereocenters. The molecular weight excluding hydrogens is 184 g/mol. The highest BCUT2D eigenvalue weighted by molar-refractivity contribution is 6.31. The van der Waals surface area contributed by atoms with Gasteiger partial charge in [0, 0.05) is 21.6 Å². The second-order valence-electron chi connectivity index (χ2n) is 3.06. The van der Waals surface area contributed by atoms with Crippen molar-refractivity contribution in [1.82, 2.24) is 4.98 Å². The van der Waals surface area contributed by atoms with E-state index in [1.807, 2.05) is 18.2 Å². The van der Waals surface area contributed by atoms with Gasteiger partial charge >= 0.3 is 0 Å². The predicted octanol–water partition coefficient (Wildman–Crippen LogP) is 2.32. The third kappa shape index (κ3) is 1.69. The van der Waals surface area contributed by atoms with Crippen LogP contribution in [0.1, 0.15) is 5.69 Å². The first kappa shape index (κ1) is 8.60. The fourth-order valence-corrected chi connectivity index (χ4v) is 1.63. The molecule has 0 bridgehead atoms. The van der Waals surface area contributed by atoms with Gasteiger partial charge in [-0.2, -0.15) is 0 Å². The molecule has 1 heterocycles. The van der Waals surface area contributed by atoms with E-state index in [0.717, 1.165) is 22.3 Å². The van der Waals surface area contributed by atoms with Crippen molar-refractivity contribution < 1.29 is 0 Å². The number of rotatable bonds is 2.